The van der Waals surface area contributed by atoms with Crippen molar-refractivity contribution in [1.29, 1.82) is 0 Å². The van der Waals surface area contributed by atoms with E-state index < -0.39 is 0 Å². The standard InChI is InChI=1S/C21H19ClN2S/c1-15-7-9-17(10-8-15)20(16-5-3-2-4-6-16)24-21(25)23-19-13-11-18(22)12-14-19/h2-14,20H,1H3,(H2,23,24,25)/t20-/m1/s1. The Kier molecular flexibility index (Phi) is 5.69. The summed E-state index contributed by atoms with van der Waals surface area (Å²) in [5, 5.41) is 7.90. The molecule has 0 aliphatic heterocycles. The highest BCUT2D eigenvalue weighted by molar-refractivity contribution is 7.80. The van der Waals surface area contributed by atoms with E-state index in [4.69, 9.17) is 23.8 Å². The first-order valence-electron chi connectivity index (χ1n) is 8.06. The Morgan fingerprint density at radius 3 is 2.08 bits per heavy atom. The fourth-order valence-corrected chi connectivity index (χ4v) is 2.96. The third-order valence-corrected chi connectivity index (χ3v) is 4.39. The molecule has 0 fully saturated rings. The summed E-state index contributed by atoms with van der Waals surface area (Å²) < 4.78 is 0. The zero-order valence-electron chi connectivity index (χ0n) is 13.9. The quantitative estimate of drug-likeness (QED) is 0.577. The van der Waals surface area contributed by atoms with Crippen molar-refractivity contribution in [2.24, 2.45) is 0 Å². The lowest BCUT2D eigenvalue weighted by atomic mass is 9.98. The van der Waals surface area contributed by atoms with Crippen molar-refractivity contribution in [3.05, 3.63) is 101 Å². The van der Waals surface area contributed by atoms with Crippen LogP contribution in [0.2, 0.25) is 5.02 Å². The van der Waals surface area contributed by atoms with E-state index >= 15 is 0 Å². The van der Waals surface area contributed by atoms with Crippen molar-refractivity contribution in [2.45, 2.75) is 13.0 Å². The molecule has 0 amide bonds. The molecule has 1 atom stereocenters. The van der Waals surface area contributed by atoms with Crippen LogP contribution in [0, 0.1) is 6.92 Å². The molecule has 2 N–H and O–H groups in total. The van der Waals surface area contributed by atoms with Gasteiger partial charge in [0, 0.05) is 10.7 Å². The Morgan fingerprint density at radius 1 is 0.840 bits per heavy atom. The van der Waals surface area contributed by atoms with E-state index in [9.17, 15) is 0 Å². The summed E-state index contributed by atoms with van der Waals surface area (Å²) in [6.45, 7) is 2.08. The summed E-state index contributed by atoms with van der Waals surface area (Å²) in [7, 11) is 0. The Balaban J connectivity index is 1.81. The fraction of sp³-hybridized carbons (Fsp3) is 0.0952. The van der Waals surface area contributed by atoms with Gasteiger partial charge in [0.25, 0.3) is 0 Å². The molecule has 3 aromatic carbocycles. The fourth-order valence-electron chi connectivity index (χ4n) is 2.60. The summed E-state index contributed by atoms with van der Waals surface area (Å²) in [6.07, 6.45) is 0. The molecule has 0 bridgehead atoms. The number of anilines is 1. The zero-order chi connectivity index (χ0) is 17.6. The van der Waals surface area contributed by atoms with Gasteiger partial charge >= 0.3 is 0 Å². The van der Waals surface area contributed by atoms with E-state index in [1.54, 1.807) is 0 Å². The molecular formula is C21H19ClN2S. The highest BCUT2D eigenvalue weighted by Crippen LogP contribution is 2.23. The second kappa shape index (κ2) is 8.15. The second-order valence-electron chi connectivity index (χ2n) is 5.86. The molecule has 3 aromatic rings. The van der Waals surface area contributed by atoms with Gasteiger partial charge in [0.1, 0.15) is 0 Å². The minimum absolute atomic E-state index is 0.0194. The maximum atomic E-state index is 5.93. The van der Waals surface area contributed by atoms with E-state index in [0.29, 0.717) is 10.1 Å². The van der Waals surface area contributed by atoms with Gasteiger partial charge in [-0.1, -0.05) is 71.8 Å². The largest absolute Gasteiger partial charge is 0.352 e. The molecule has 25 heavy (non-hydrogen) atoms. The van der Waals surface area contributed by atoms with Crippen LogP contribution in [0.3, 0.4) is 0 Å². The van der Waals surface area contributed by atoms with E-state index in [2.05, 4.69) is 54.0 Å². The van der Waals surface area contributed by atoms with Crippen molar-refractivity contribution in [2.75, 3.05) is 5.32 Å². The van der Waals surface area contributed by atoms with Crippen LogP contribution in [0.4, 0.5) is 5.69 Å². The molecule has 2 nitrogen and oxygen atoms in total. The number of thiocarbonyl (C=S) groups is 1. The zero-order valence-corrected chi connectivity index (χ0v) is 15.4. The Hall–Kier alpha value is -2.36. The van der Waals surface area contributed by atoms with Gasteiger partial charge in [0.05, 0.1) is 6.04 Å². The minimum atomic E-state index is -0.0194. The van der Waals surface area contributed by atoms with E-state index in [1.807, 2.05) is 42.5 Å². The molecule has 0 spiro atoms. The van der Waals surface area contributed by atoms with Crippen LogP contribution in [-0.4, -0.2) is 5.11 Å². The van der Waals surface area contributed by atoms with Crippen LogP contribution in [-0.2, 0) is 0 Å². The predicted octanol–water partition coefficient (Wildman–Crippen LogP) is 5.72. The third-order valence-electron chi connectivity index (χ3n) is 3.92. The van der Waals surface area contributed by atoms with Crippen LogP contribution in [0.15, 0.2) is 78.9 Å². The van der Waals surface area contributed by atoms with Gasteiger partial charge in [-0.2, -0.15) is 0 Å². The molecule has 0 unspecified atom stereocenters. The van der Waals surface area contributed by atoms with Gasteiger partial charge in [0.2, 0.25) is 0 Å². The van der Waals surface area contributed by atoms with Crippen LogP contribution in [0.25, 0.3) is 0 Å². The van der Waals surface area contributed by atoms with Crippen LogP contribution < -0.4 is 10.6 Å². The summed E-state index contributed by atoms with van der Waals surface area (Å²) in [5.74, 6) is 0. The number of hydrogen-bond acceptors (Lipinski definition) is 1. The van der Waals surface area contributed by atoms with Gasteiger partial charge in [-0.05, 0) is 54.5 Å². The highest BCUT2D eigenvalue weighted by atomic mass is 35.5. The second-order valence-corrected chi connectivity index (χ2v) is 6.70. The lowest BCUT2D eigenvalue weighted by Gasteiger charge is -2.22. The molecular weight excluding hydrogens is 348 g/mol. The van der Waals surface area contributed by atoms with Crippen molar-refractivity contribution < 1.29 is 0 Å². The summed E-state index contributed by atoms with van der Waals surface area (Å²) in [4.78, 5) is 0. The molecule has 4 heteroatoms. The number of nitrogens with one attached hydrogen (secondary N) is 2. The van der Waals surface area contributed by atoms with Gasteiger partial charge in [-0.3, -0.25) is 0 Å². The average molecular weight is 367 g/mol. The Labute approximate surface area is 158 Å². The third kappa shape index (κ3) is 4.81. The van der Waals surface area contributed by atoms with Crippen molar-refractivity contribution in [1.82, 2.24) is 5.32 Å². The monoisotopic (exact) mass is 366 g/mol. The maximum absolute atomic E-state index is 5.93. The van der Waals surface area contributed by atoms with Crippen LogP contribution >= 0.6 is 23.8 Å². The van der Waals surface area contributed by atoms with Crippen molar-refractivity contribution in [3.63, 3.8) is 0 Å². The average Bonchev–Trinajstić information content (AvgIpc) is 2.63. The van der Waals surface area contributed by atoms with E-state index in [-0.39, 0.29) is 6.04 Å². The summed E-state index contributed by atoms with van der Waals surface area (Å²) in [5.41, 5.74) is 4.46. The minimum Gasteiger partial charge on any atom is -0.352 e. The predicted molar refractivity (Wildman–Crippen MR) is 110 cm³/mol. The van der Waals surface area contributed by atoms with E-state index in [1.165, 1.54) is 5.56 Å². The Morgan fingerprint density at radius 2 is 1.44 bits per heavy atom. The first-order chi connectivity index (χ1) is 12.1. The van der Waals surface area contributed by atoms with Crippen molar-refractivity contribution in [3.8, 4) is 0 Å². The summed E-state index contributed by atoms with van der Waals surface area (Å²) >= 11 is 11.4. The van der Waals surface area contributed by atoms with Crippen LogP contribution in [0.1, 0.15) is 22.7 Å². The molecule has 0 saturated carbocycles. The number of hydrogen-bond donors (Lipinski definition) is 2. The molecule has 0 heterocycles. The smallest absolute Gasteiger partial charge is 0.171 e. The van der Waals surface area contributed by atoms with Gasteiger partial charge < -0.3 is 10.6 Å². The lowest BCUT2D eigenvalue weighted by Crippen LogP contribution is -2.33. The highest BCUT2D eigenvalue weighted by Gasteiger charge is 2.15. The van der Waals surface area contributed by atoms with Gasteiger partial charge in [0.15, 0.2) is 5.11 Å². The van der Waals surface area contributed by atoms with Gasteiger partial charge in [-0.15, -0.1) is 0 Å². The first-order valence-corrected chi connectivity index (χ1v) is 8.85. The molecule has 0 saturated heterocycles. The maximum Gasteiger partial charge on any atom is 0.171 e. The van der Waals surface area contributed by atoms with Gasteiger partial charge in [-0.25, -0.2) is 0 Å². The first kappa shape index (κ1) is 17.5. The molecule has 0 aliphatic carbocycles. The lowest BCUT2D eigenvalue weighted by molar-refractivity contribution is 0.768. The Bertz CT molecular complexity index is 830. The number of benzene rings is 3. The normalized spacial score (nSPS) is 11.6. The SMILES string of the molecule is Cc1ccc([C@H](NC(=S)Nc2ccc(Cl)cc2)c2ccccc2)cc1. The summed E-state index contributed by atoms with van der Waals surface area (Å²) in [6, 6.07) is 26.2. The van der Waals surface area contributed by atoms with Crippen LogP contribution in [0.5, 0.6) is 0 Å². The number of aryl methyl sites for hydroxylation is 1. The molecule has 0 radical (unpaired) electrons. The van der Waals surface area contributed by atoms with Crippen molar-refractivity contribution >= 4 is 34.6 Å². The topological polar surface area (TPSA) is 24.1 Å². The number of halogens is 1. The number of rotatable bonds is 4. The molecule has 0 aliphatic rings. The molecule has 3 rings (SSSR count). The molecule has 0 aromatic heterocycles. The van der Waals surface area contributed by atoms with E-state index in [0.717, 1.165) is 16.8 Å². The molecule has 126 valence electrons.